The topological polar surface area (TPSA) is 96.4 Å². The van der Waals surface area contributed by atoms with Crippen LogP contribution in [0.4, 0.5) is 4.39 Å². The van der Waals surface area contributed by atoms with E-state index in [2.05, 4.69) is 15.2 Å². The van der Waals surface area contributed by atoms with Crippen molar-refractivity contribution in [2.45, 2.75) is 38.9 Å². The molecule has 0 spiro atoms. The molecule has 0 aliphatic carbocycles. The summed E-state index contributed by atoms with van der Waals surface area (Å²) >= 11 is 0. The van der Waals surface area contributed by atoms with Crippen molar-refractivity contribution >= 4 is 16.8 Å². The Bertz CT molecular complexity index is 1290. The number of piperidine rings is 1. The normalized spacial score (nSPS) is 15.0. The molecule has 8 nitrogen and oxygen atoms in total. The highest BCUT2D eigenvalue weighted by Gasteiger charge is 2.22. The Morgan fingerprint density at radius 1 is 1.18 bits per heavy atom. The van der Waals surface area contributed by atoms with Gasteiger partial charge in [-0.05, 0) is 55.7 Å². The number of fused-ring (bicyclic) bond motifs is 1. The first-order chi connectivity index (χ1) is 15.9. The number of methoxy groups -OCH3 is 1. The van der Waals surface area contributed by atoms with Gasteiger partial charge in [-0.2, -0.15) is 0 Å². The number of nitrogens with zero attached hydrogens (tertiary/aromatic N) is 2. The first-order valence-electron chi connectivity index (χ1n) is 11.0. The molecule has 1 aliphatic rings. The summed E-state index contributed by atoms with van der Waals surface area (Å²) in [7, 11) is 1.44. The average molecular weight is 455 g/mol. The van der Waals surface area contributed by atoms with Crippen molar-refractivity contribution in [2.75, 3.05) is 20.2 Å². The number of likely N-dealkylation sites (tertiary alicyclic amines) is 1. The number of nitrogens with one attached hydrogen (secondary N) is 2. The van der Waals surface area contributed by atoms with Crippen molar-refractivity contribution < 1.29 is 13.9 Å². The van der Waals surface area contributed by atoms with Crippen LogP contribution in [0.25, 0.3) is 10.9 Å². The molecule has 0 atom stereocenters. The molecular weight excluding hydrogens is 427 g/mol. The molecule has 0 unspecified atom stereocenters. The van der Waals surface area contributed by atoms with Crippen LogP contribution in [0.5, 0.6) is 5.75 Å². The van der Waals surface area contributed by atoms with Crippen LogP contribution in [-0.4, -0.2) is 46.6 Å². The number of benzene rings is 2. The number of hydrogen-bond acceptors (Lipinski definition) is 5. The summed E-state index contributed by atoms with van der Waals surface area (Å²) in [5, 5.41) is 3.41. The minimum atomic E-state index is -0.489. The quantitative estimate of drug-likeness (QED) is 0.596. The number of aromatic amines is 1. The van der Waals surface area contributed by atoms with Crippen molar-refractivity contribution in [1.29, 1.82) is 0 Å². The first-order valence-corrected chi connectivity index (χ1v) is 11.0. The van der Waals surface area contributed by atoms with Gasteiger partial charge in [0.2, 0.25) is 0 Å². The predicted octanol–water partition coefficient (Wildman–Crippen LogP) is 2.25. The van der Waals surface area contributed by atoms with E-state index in [0.29, 0.717) is 23.0 Å². The number of hydrogen-bond donors (Lipinski definition) is 2. The molecule has 1 aromatic heterocycles. The molecule has 0 bridgehead atoms. The molecule has 174 valence electrons. The average Bonchev–Trinajstić information content (AvgIpc) is 2.80. The molecule has 2 heterocycles. The second-order valence-corrected chi connectivity index (χ2v) is 8.23. The number of amides is 1. The molecular formula is C24H27FN4O4. The smallest absolute Gasteiger partial charge is 0.328 e. The van der Waals surface area contributed by atoms with Crippen LogP contribution < -0.4 is 21.3 Å². The van der Waals surface area contributed by atoms with Crippen molar-refractivity contribution in [2.24, 2.45) is 0 Å². The predicted molar refractivity (Wildman–Crippen MR) is 123 cm³/mol. The lowest BCUT2D eigenvalue weighted by atomic mass is 10.0. The number of H-pyrrole nitrogens is 1. The van der Waals surface area contributed by atoms with Crippen LogP contribution in [0.2, 0.25) is 0 Å². The largest absolute Gasteiger partial charge is 0.494 e. The molecule has 2 aromatic carbocycles. The lowest BCUT2D eigenvalue weighted by Crippen LogP contribution is -2.44. The first kappa shape index (κ1) is 22.7. The summed E-state index contributed by atoms with van der Waals surface area (Å²) in [6.45, 7) is 4.19. The van der Waals surface area contributed by atoms with Crippen LogP contribution >= 0.6 is 0 Å². The van der Waals surface area contributed by atoms with Crippen LogP contribution in [-0.2, 0) is 13.1 Å². The number of carbonyl (C=O) groups is 1. The van der Waals surface area contributed by atoms with E-state index in [1.165, 1.54) is 13.2 Å². The number of carbonyl (C=O) groups excluding carboxylic acids is 1. The highest BCUT2D eigenvalue weighted by Crippen LogP contribution is 2.20. The van der Waals surface area contributed by atoms with Gasteiger partial charge < -0.3 is 15.0 Å². The molecule has 4 rings (SSSR count). The Hall–Kier alpha value is -3.46. The number of ether oxygens (including phenoxy) is 1. The zero-order chi connectivity index (χ0) is 23.5. The van der Waals surface area contributed by atoms with Gasteiger partial charge in [-0.15, -0.1) is 0 Å². The van der Waals surface area contributed by atoms with E-state index in [0.717, 1.165) is 36.1 Å². The van der Waals surface area contributed by atoms with E-state index >= 15 is 0 Å². The fourth-order valence-corrected chi connectivity index (χ4v) is 4.25. The maximum absolute atomic E-state index is 13.9. The molecule has 0 radical (unpaired) electrons. The standard InChI is InChI=1S/C24H27FN4O4/c1-3-29-23(31)18-6-5-16(13-20(18)27-24(29)32)22(30)26-17-8-10-28(11-9-17)14-15-4-7-21(33-2)19(25)12-15/h4-7,12-13,17H,3,8-11,14H2,1-2H3,(H,26,30)(H,27,32). The maximum Gasteiger partial charge on any atom is 0.328 e. The van der Waals surface area contributed by atoms with Gasteiger partial charge in [-0.3, -0.25) is 19.1 Å². The van der Waals surface area contributed by atoms with Gasteiger partial charge in [0.25, 0.3) is 11.5 Å². The van der Waals surface area contributed by atoms with Gasteiger partial charge in [0.05, 0.1) is 18.0 Å². The fourth-order valence-electron chi connectivity index (χ4n) is 4.25. The Kier molecular flexibility index (Phi) is 6.60. The highest BCUT2D eigenvalue weighted by atomic mass is 19.1. The van der Waals surface area contributed by atoms with Crippen molar-refractivity contribution in [3.63, 3.8) is 0 Å². The second kappa shape index (κ2) is 9.58. The van der Waals surface area contributed by atoms with Gasteiger partial charge >= 0.3 is 5.69 Å². The molecule has 33 heavy (non-hydrogen) atoms. The minimum Gasteiger partial charge on any atom is -0.494 e. The third kappa shape index (κ3) is 4.83. The molecule has 1 fully saturated rings. The molecule has 9 heteroatoms. The Balaban J connectivity index is 1.37. The van der Waals surface area contributed by atoms with Gasteiger partial charge in [0, 0.05) is 37.8 Å². The van der Waals surface area contributed by atoms with E-state index in [1.54, 1.807) is 31.2 Å². The van der Waals surface area contributed by atoms with Gasteiger partial charge in [-0.25, -0.2) is 9.18 Å². The summed E-state index contributed by atoms with van der Waals surface area (Å²) < 4.78 is 20.0. The van der Waals surface area contributed by atoms with Crippen molar-refractivity contribution in [3.05, 3.63) is 74.2 Å². The van der Waals surface area contributed by atoms with Gasteiger partial charge in [0.1, 0.15) is 0 Å². The van der Waals surface area contributed by atoms with Crippen LogP contribution in [0.15, 0.2) is 46.0 Å². The fraction of sp³-hybridized carbons (Fsp3) is 0.375. The van der Waals surface area contributed by atoms with Gasteiger partial charge in [-0.1, -0.05) is 6.07 Å². The monoisotopic (exact) mass is 454 g/mol. The van der Waals surface area contributed by atoms with E-state index in [1.807, 2.05) is 6.07 Å². The molecule has 3 aromatic rings. The summed E-state index contributed by atoms with van der Waals surface area (Å²) in [6, 6.07) is 9.72. The summed E-state index contributed by atoms with van der Waals surface area (Å²) in [4.78, 5) is 42.1. The van der Waals surface area contributed by atoms with E-state index in [9.17, 15) is 18.8 Å². The Labute approximate surface area is 190 Å². The SMILES string of the molecule is CCn1c(=O)[nH]c2cc(C(=O)NC3CCN(Cc4ccc(OC)c(F)c4)CC3)ccc2c1=O. The van der Waals surface area contributed by atoms with Crippen LogP contribution in [0.1, 0.15) is 35.7 Å². The minimum absolute atomic E-state index is 0.0178. The van der Waals surface area contributed by atoms with Crippen molar-refractivity contribution in [1.82, 2.24) is 19.8 Å². The third-order valence-corrected chi connectivity index (χ3v) is 6.11. The Morgan fingerprint density at radius 2 is 1.94 bits per heavy atom. The van der Waals surface area contributed by atoms with E-state index in [4.69, 9.17) is 4.74 Å². The lowest BCUT2D eigenvalue weighted by Gasteiger charge is -2.32. The molecule has 0 saturated carbocycles. The number of rotatable bonds is 6. The van der Waals surface area contributed by atoms with E-state index in [-0.39, 0.29) is 35.6 Å². The highest BCUT2D eigenvalue weighted by molar-refractivity contribution is 5.97. The van der Waals surface area contributed by atoms with Crippen LogP contribution in [0, 0.1) is 5.82 Å². The lowest BCUT2D eigenvalue weighted by molar-refractivity contribution is 0.0909. The van der Waals surface area contributed by atoms with Crippen LogP contribution in [0.3, 0.4) is 0 Å². The zero-order valence-electron chi connectivity index (χ0n) is 18.7. The molecule has 2 N–H and O–H groups in total. The summed E-state index contributed by atoms with van der Waals surface area (Å²) in [5.74, 6) is -0.385. The van der Waals surface area contributed by atoms with Gasteiger partial charge in [0.15, 0.2) is 11.6 Å². The Morgan fingerprint density at radius 3 is 2.61 bits per heavy atom. The molecule has 1 saturated heterocycles. The van der Waals surface area contributed by atoms with Crippen molar-refractivity contribution in [3.8, 4) is 5.75 Å². The zero-order valence-corrected chi connectivity index (χ0v) is 18.7. The second-order valence-electron chi connectivity index (χ2n) is 8.23. The maximum atomic E-state index is 13.9. The summed E-state index contributed by atoms with van der Waals surface area (Å²) in [5.41, 5.74) is 0.763. The third-order valence-electron chi connectivity index (χ3n) is 6.11. The van der Waals surface area contributed by atoms with E-state index < -0.39 is 5.69 Å². The molecule has 1 aliphatic heterocycles. The molecule has 1 amide bonds. The number of halogens is 1. The number of aromatic nitrogens is 2. The summed E-state index contributed by atoms with van der Waals surface area (Å²) in [6.07, 6.45) is 1.55.